The summed E-state index contributed by atoms with van der Waals surface area (Å²) in [5, 5.41) is 12.2. The molecule has 1 aromatic carbocycles. The number of methoxy groups -OCH3 is 1. The zero-order valence-electron chi connectivity index (χ0n) is 20.1. The van der Waals surface area contributed by atoms with E-state index >= 15 is 0 Å². The average molecular weight is 486 g/mol. The van der Waals surface area contributed by atoms with Crippen molar-refractivity contribution in [1.29, 1.82) is 5.26 Å². The van der Waals surface area contributed by atoms with Gasteiger partial charge in [0.05, 0.1) is 13.4 Å². The Morgan fingerprint density at radius 1 is 1.19 bits per heavy atom. The van der Waals surface area contributed by atoms with Crippen LogP contribution in [0.1, 0.15) is 23.9 Å². The maximum absolute atomic E-state index is 12.7. The van der Waals surface area contributed by atoms with Gasteiger partial charge in [0.1, 0.15) is 29.2 Å². The van der Waals surface area contributed by atoms with Gasteiger partial charge in [-0.15, -0.1) is 0 Å². The molecule has 0 fully saturated rings. The van der Waals surface area contributed by atoms with Gasteiger partial charge >= 0.3 is 5.97 Å². The van der Waals surface area contributed by atoms with Crippen molar-refractivity contribution in [2.45, 2.75) is 26.9 Å². The van der Waals surface area contributed by atoms with Crippen molar-refractivity contribution >= 4 is 34.9 Å². The maximum Gasteiger partial charge on any atom is 0.349 e. The predicted molar refractivity (Wildman–Crippen MR) is 131 cm³/mol. The smallest absolute Gasteiger partial charge is 0.349 e. The predicted octanol–water partition coefficient (Wildman–Crippen LogP) is 3.25. The normalized spacial score (nSPS) is 12.1. The summed E-state index contributed by atoms with van der Waals surface area (Å²) in [6.45, 7) is 5.22. The molecule has 1 amide bonds. The highest BCUT2D eigenvalue weighted by atomic mass is 16.5. The number of aromatic amines is 1. The van der Waals surface area contributed by atoms with Crippen molar-refractivity contribution in [3.8, 4) is 17.5 Å². The minimum absolute atomic E-state index is 0.201. The Balaban J connectivity index is 1.50. The van der Waals surface area contributed by atoms with Gasteiger partial charge in [-0.2, -0.15) is 5.26 Å². The first-order valence-corrected chi connectivity index (χ1v) is 10.9. The van der Waals surface area contributed by atoms with E-state index in [1.54, 1.807) is 7.11 Å². The molecule has 11 nitrogen and oxygen atoms in total. The number of carbonyl (C=O) groups excluding carboxylic acids is 2. The Bertz CT molecular complexity index is 1510. The number of H-pyrrole nitrogens is 1. The molecule has 0 aliphatic carbocycles. The summed E-state index contributed by atoms with van der Waals surface area (Å²) >= 11 is 0. The molecule has 36 heavy (non-hydrogen) atoms. The molecule has 1 unspecified atom stereocenters. The topological polar surface area (TPSA) is 148 Å². The van der Waals surface area contributed by atoms with Crippen molar-refractivity contribution in [2.75, 3.05) is 12.4 Å². The molecule has 0 spiro atoms. The number of aromatic nitrogens is 5. The number of nitrogens with zero attached hydrogens (tertiary/aromatic N) is 5. The number of amides is 1. The highest BCUT2D eigenvalue weighted by Gasteiger charge is 2.23. The van der Waals surface area contributed by atoms with E-state index in [4.69, 9.17) is 9.47 Å². The molecular weight excluding hydrogens is 462 g/mol. The van der Waals surface area contributed by atoms with Crippen molar-refractivity contribution in [1.82, 2.24) is 24.5 Å². The lowest BCUT2D eigenvalue weighted by Crippen LogP contribution is -2.30. The summed E-state index contributed by atoms with van der Waals surface area (Å²) in [7, 11) is 1.60. The van der Waals surface area contributed by atoms with Crippen LogP contribution in [0.25, 0.3) is 22.9 Å². The summed E-state index contributed by atoms with van der Waals surface area (Å²) in [6, 6.07) is 11.3. The first-order valence-electron chi connectivity index (χ1n) is 10.9. The molecule has 0 aliphatic heterocycles. The van der Waals surface area contributed by atoms with Gasteiger partial charge < -0.3 is 24.3 Å². The average Bonchev–Trinajstić information content (AvgIpc) is 3.47. The largest absolute Gasteiger partial charge is 0.497 e. The van der Waals surface area contributed by atoms with Gasteiger partial charge in [-0.1, -0.05) is 0 Å². The summed E-state index contributed by atoms with van der Waals surface area (Å²) in [6.07, 6.45) is 2.95. The number of imidazole rings is 1. The van der Waals surface area contributed by atoms with E-state index in [9.17, 15) is 14.9 Å². The fourth-order valence-electron chi connectivity index (χ4n) is 3.71. The number of esters is 1. The van der Waals surface area contributed by atoms with E-state index in [2.05, 4.69) is 25.3 Å². The van der Waals surface area contributed by atoms with E-state index in [-0.39, 0.29) is 11.4 Å². The molecule has 0 saturated heterocycles. The lowest BCUT2D eigenvalue weighted by Gasteiger charge is -2.13. The van der Waals surface area contributed by atoms with Crippen LogP contribution in [0.4, 0.5) is 5.82 Å². The second-order valence-electron chi connectivity index (χ2n) is 7.89. The number of hydrogen-bond donors (Lipinski definition) is 2. The number of nitriles is 1. The molecule has 0 saturated carbocycles. The Kier molecular flexibility index (Phi) is 6.78. The molecule has 11 heteroatoms. The summed E-state index contributed by atoms with van der Waals surface area (Å²) in [5.74, 6) is -0.591. The molecule has 0 radical (unpaired) electrons. The van der Waals surface area contributed by atoms with Crippen LogP contribution in [0, 0.1) is 25.2 Å². The summed E-state index contributed by atoms with van der Waals surface area (Å²) in [4.78, 5) is 40.1. The molecule has 4 aromatic rings. The fraction of sp³-hybridized carbons (Fsp3) is 0.200. The molecule has 3 aromatic heterocycles. The SMILES string of the molecule is COc1ccc(-n2c(C)cc(/C=C(\C#N)C(=O)OC(C)C(=O)Nc3ncnc4nc[nH]c34)c2C)cc1. The zero-order valence-corrected chi connectivity index (χ0v) is 20.1. The molecule has 0 aliphatic rings. The molecule has 2 N–H and O–H groups in total. The lowest BCUT2D eigenvalue weighted by atomic mass is 10.1. The molecule has 4 rings (SSSR count). The van der Waals surface area contributed by atoms with Crippen LogP contribution >= 0.6 is 0 Å². The fourth-order valence-corrected chi connectivity index (χ4v) is 3.71. The van der Waals surface area contributed by atoms with Crippen LogP contribution < -0.4 is 10.1 Å². The van der Waals surface area contributed by atoms with Gasteiger partial charge in [0, 0.05) is 17.1 Å². The van der Waals surface area contributed by atoms with Gasteiger partial charge in [-0.25, -0.2) is 19.7 Å². The van der Waals surface area contributed by atoms with Crippen LogP contribution in [0.5, 0.6) is 5.75 Å². The van der Waals surface area contributed by atoms with Crippen LogP contribution in [-0.2, 0) is 14.3 Å². The van der Waals surface area contributed by atoms with E-state index in [0.29, 0.717) is 16.7 Å². The number of carbonyl (C=O) groups is 2. The van der Waals surface area contributed by atoms with E-state index in [1.165, 1.54) is 25.7 Å². The number of anilines is 1. The monoisotopic (exact) mass is 485 g/mol. The Hall–Kier alpha value is -4.98. The van der Waals surface area contributed by atoms with Crippen molar-refractivity contribution in [2.24, 2.45) is 0 Å². The number of aryl methyl sites for hydroxylation is 1. The van der Waals surface area contributed by atoms with Gasteiger partial charge in [-0.3, -0.25) is 4.79 Å². The van der Waals surface area contributed by atoms with Gasteiger partial charge in [0.25, 0.3) is 5.91 Å². The summed E-state index contributed by atoms with van der Waals surface area (Å²) in [5.41, 5.74) is 3.92. The third-order valence-corrected chi connectivity index (χ3v) is 5.56. The van der Waals surface area contributed by atoms with Crippen molar-refractivity contribution in [3.63, 3.8) is 0 Å². The minimum atomic E-state index is -1.19. The zero-order chi connectivity index (χ0) is 25.8. The third kappa shape index (κ3) is 4.78. The van der Waals surface area contributed by atoms with Crippen LogP contribution in [-0.4, -0.2) is 49.6 Å². The highest BCUT2D eigenvalue weighted by molar-refractivity contribution is 6.02. The molecule has 0 bridgehead atoms. The quantitative estimate of drug-likeness (QED) is 0.230. The van der Waals surface area contributed by atoms with Gasteiger partial charge in [0.2, 0.25) is 0 Å². The Morgan fingerprint density at radius 3 is 2.64 bits per heavy atom. The van der Waals surface area contributed by atoms with Gasteiger partial charge in [0.15, 0.2) is 17.6 Å². The van der Waals surface area contributed by atoms with E-state index in [1.807, 2.05) is 54.8 Å². The minimum Gasteiger partial charge on any atom is -0.497 e. The second kappa shape index (κ2) is 10.1. The number of nitrogens with one attached hydrogen (secondary N) is 2. The first-order chi connectivity index (χ1) is 17.3. The lowest BCUT2D eigenvalue weighted by molar-refractivity contribution is -0.148. The summed E-state index contributed by atoms with van der Waals surface area (Å²) < 4.78 is 12.5. The number of fused-ring (bicyclic) bond motifs is 1. The first kappa shape index (κ1) is 24.2. The number of hydrogen-bond acceptors (Lipinski definition) is 8. The molecule has 1 atom stereocenters. The molecular formula is C25H23N7O4. The number of ether oxygens (including phenoxy) is 2. The second-order valence-corrected chi connectivity index (χ2v) is 7.89. The van der Waals surface area contributed by atoms with Gasteiger partial charge in [-0.05, 0) is 62.7 Å². The molecule has 182 valence electrons. The standard InChI is InChI=1S/C25H23N7O4/c1-14-9-17(15(2)32(14)19-5-7-20(35-4)8-6-19)10-18(11-26)25(34)36-16(3)24(33)31-23-21-22(28-12-27-21)29-13-30-23/h5-10,12-13,16H,1-4H3,(H2,27,28,29,30,31,33)/b18-10+. The van der Waals surface area contributed by atoms with Crippen LogP contribution in [0.2, 0.25) is 0 Å². The van der Waals surface area contributed by atoms with Crippen molar-refractivity contribution in [3.05, 3.63) is 65.5 Å². The highest BCUT2D eigenvalue weighted by Crippen LogP contribution is 2.24. The van der Waals surface area contributed by atoms with Crippen molar-refractivity contribution < 1.29 is 19.1 Å². The Morgan fingerprint density at radius 2 is 1.94 bits per heavy atom. The van der Waals surface area contributed by atoms with Crippen LogP contribution in [0.3, 0.4) is 0 Å². The third-order valence-electron chi connectivity index (χ3n) is 5.56. The Labute approximate surface area is 206 Å². The number of benzene rings is 1. The van der Waals surface area contributed by atoms with Crippen LogP contribution in [0.15, 0.2) is 48.6 Å². The maximum atomic E-state index is 12.7. The van der Waals surface area contributed by atoms with E-state index in [0.717, 1.165) is 22.8 Å². The van der Waals surface area contributed by atoms with E-state index < -0.39 is 18.0 Å². The molecule has 3 heterocycles. The number of rotatable bonds is 7.